The van der Waals surface area contributed by atoms with Crippen LogP contribution in [0, 0.1) is 0 Å². The highest BCUT2D eigenvalue weighted by Gasteiger charge is 2.12. The minimum absolute atomic E-state index is 0.149. The highest BCUT2D eigenvalue weighted by atomic mass is 16.5. The molecule has 0 spiro atoms. The molecular formula is C23H29N3O4. The molecule has 1 N–H and O–H groups in total. The van der Waals surface area contributed by atoms with E-state index >= 15 is 0 Å². The minimum atomic E-state index is -0.372. The van der Waals surface area contributed by atoms with Crippen LogP contribution in [0.25, 0.3) is 0 Å². The predicted octanol–water partition coefficient (Wildman–Crippen LogP) is 2.65. The summed E-state index contributed by atoms with van der Waals surface area (Å²) < 4.78 is 10.1. The smallest absolute Gasteiger partial charge is 0.337 e. The lowest BCUT2D eigenvalue weighted by Crippen LogP contribution is -2.36. The van der Waals surface area contributed by atoms with Crippen molar-refractivity contribution in [3.63, 3.8) is 0 Å². The summed E-state index contributed by atoms with van der Waals surface area (Å²) in [5.41, 5.74) is 3.75. The summed E-state index contributed by atoms with van der Waals surface area (Å²) in [6, 6.07) is 15.2. The van der Waals surface area contributed by atoms with Gasteiger partial charge in [-0.2, -0.15) is 0 Å². The number of nitrogens with one attached hydrogen (secondary N) is 1. The number of urea groups is 1. The second-order valence-electron chi connectivity index (χ2n) is 7.41. The Kier molecular flexibility index (Phi) is 7.82. The topological polar surface area (TPSA) is 71.1 Å². The molecule has 3 rings (SSSR count). The molecule has 2 aromatic carbocycles. The average molecular weight is 412 g/mol. The first-order chi connectivity index (χ1) is 14.5. The van der Waals surface area contributed by atoms with Gasteiger partial charge in [-0.1, -0.05) is 36.4 Å². The lowest BCUT2D eigenvalue weighted by Gasteiger charge is -2.26. The van der Waals surface area contributed by atoms with E-state index in [2.05, 4.69) is 34.5 Å². The Hall–Kier alpha value is -2.90. The van der Waals surface area contributed by atoms with Crippen molar-refractivity contribution in [1.29, 1.82) is 0 Å². The third-order valence-electron chi connectivity index (χ3n) is 5.12. The Balaban J connectivity index is 1.44. The van der Waals surface area contributed by atoms with Crippen LogP contribution in [0.4, 0.5) is 4.79 Å². The Morgan fingerprint density at radius 2 is 1.60 bits per heavy atom. The first-order valence-electron chi connectivity index (χ1n) is 10.1. The predicted molar refractivity (Wildman–Crippen MR) is 114 cm³/mol. The van der Waals surface area contributed by atoms with Crippen LogP contribution in [0.2, 0.25) is 0 Å². The van der Waals surface area contributed by atoms with Gasteiger partial charge in [0.15, 0.2) is 0 Å². The van der Waals surface area contributed by atoms with Gasteiger partial charge in [0.1, 0.15) is 0 Å². The molecule has 1 aliphatic rings. The number of rotatable bonds is 7. The molecule has 1 fully saturated rings. The number of carbonyl (C=O) groups is 2. The van der Waals surface area contributed by atoms with Crippen LogP contribution in [0.1, 0.15) is 27.0 Å². The molecule has 7 nitrogen and oxygen atoms in total. The van der Waals surface area contributed by atoms with Gasteiger partial charge in [0, 0.05) is 39.8 Å². The van der Waals surface area contributed by atoms with Gasteiger partial charge in [-0.05, 0) is 28.8 Å². The van der Waals surface area contributed by atoms with E-state index in [1.54, 1.807) is 24.1 Å². The summed E-state index contributed by atoms with van der Waals surface area (Å²) in [6.07, 6.45) is 0. The van der Waals surface area contributed by atoms with Crippen LogP contribution in [-0.2, 0) is 29.1 Å². The normalized spacial score (nSPS) is 14.2. The maximum absolute atomic E-state index is 12.4. The van der Waals surface area contributed by atoms with Crippen molar-refractivity contribution in [2.24, 2.45) is 0 Å². The number of benzene rings is 2. The molecule has 1 aliphatic heterocycles. The van der Waals surface area contributed by atoms with E-state index in [1.165, 1.54) is 12.7 Å². The summed E-state index contributed by atoms with van der Waals surface area (Å²) in [6.45, 7) is 5.38. The second-order valence-corrected chi connectivity index (χ2v) is 7.41. The zero-order valence-corrected chi connectivity index (χ0v) is 17.6. The van der Waals surface area contributed by atoms with Gasteiger partial charge in [0.05, 0.1) is 25.9 Å². The van der Waals surface area contributed by atoms with Crippen molar-refractivity contribution in [3.8, 4) is 0 Å². The molecule has 2 aromatic rings. The standard InChI is InChI=1S/C23H29N3O4/c1-25(16-19-7-9-21(10-8-19)22(27)29-2)23(28)24-15-18-3-5-20(6-4-18)17-26-11-13-30-14-12-26/h3-10H,11-17H2,1-2H3,(H,24,28). The van der Waals surface area contributed by atoms with E-state index in [-0.39, 0.29) is 12.0 Å². The van der Waals surface area contributed by atoms with E-state index in [0.717, 1.165) is 44.0 Å². The number of methoxy groups -OCH3 is 1. The molecule has 30 heavy (non-hydrogen) atoms. The molecule has 0 radical (unpaired) electrons. The Morgan fingerprint density at radius 3 is 2.23 bits per heavy atom. The third kappa shape index (κ3) is 6.30. The Bertz CT molecular complexity index is 831. The van der Waals surface area contributed by atoms with Crippen molar-refractivity contribution in [1.82, 2.24) is 15.1 Å². The molecule has 0 atom stereocenters. The molecule has 0 saturated carbocycles. The van der Waals surface area contributed by atoms with Crippen LogP contribution < -0.4 is 5.32 Å². The first kappa shape index (κ1) is 21.8. The number of morpholine rings is 1. The molecule has 7 heteroatoms. The van der Waals surface area contributed by atoms with Crippen molar-refractivity contribution >= 4 is 12.0 Å². The van der Waals surface area contributed by atoms with Crippen LogP contribution >= 0.6 is 0 Å². The van der Waals surface area contributed by atoms with E-state index in [0.29, 0.717) is 18.7 Å². The molecule has 2 amide bonds. The van der Waals surface area contributed by atoms with E-state index in [1.807, 2.05) is 12.1 Å². The SMILES string of the molecule is COC(=O)c1ccc(CN(C)C(=O)NCc2ccc(CN3CCOCC3)cc2)cc1. The van der Waals surface area contributed by atoms with Crippen molar-refractivity contribution < 1.29 is 19.1 Å². The van der Waals surface area contributed by atoms with Crippen molar-refractivity contribution in [2.75, 3.05) is 40.5 Å². The molecule has 0 aromatic heterocycles. The zero-order chi connectivity index (χ0) is 21.3. The number of hydrogen-bond acceptors (Lipinski definition) is 5. The Labute approximate surface area is 177 Å². The quantitative estimate of drug-likeness (QED) is 0.710. The van der Waals surface area contributed by atoms with Gasteiger partial charge < -0.3 is 19.7 Å². The summed E-state index contributed by atoms with van der Waals surface area (Å²) >= 11 is 0. The van der Waals surface area contributed by atoms with Crippen LogP contribution in [0.5, 0.6) is 0 Å². The van der Waals surface area contributed by atoms with Gasteiger partial charge in [-0.3, -0.25) is 4.90 Å². The monoisotopic (exact) mass is 411 g/mol. The number of amides is 2. The second kappa shape index (κ2) is 10.8. The third-order valence-corrected chi connectivity index (χ3v) is 5.12. The van der Waals surface area contributed by atoms with E-state index < -0.39 is 0 Å². The van der Waals surface area contributed by atoms with Crippen LogP contribution in [0.3, 0.4) is 0 Å². The lowest BCUT2D eigenvalue weighted by atomic mass is 10.1. The van der Waals surface area contributed by atoms with E-state index in [9.17, 15) is 9.59 Å². The fourth-order valence-electron chi connectivity index (χ4n) is 3.30. The maximum atomic E-state index is 12.4. The van der Waals surface area contributed by atoms with E-state index in [4.69, 9.17) is 9.47 Å². The summed E-state index contributed by atoms with van der Waals surface area (Å²) in [4.78, 5) is 27.9. The highest BCUT2D eigenvalue weighted by molar-refractivity contribution is 5.89. The van der Waals surface area contributed by atoms with Crippen LogP contribution in [0.15, 0.2) is 48.5 Å². The molecule has 0 bridgehead atoms. The fourth-order valence-corrected chi connectivity index (χ4v) is 3.30. The molecule has 0 aliphatic carbocycles. The van der Waals surface area contributed by atoms with Gasteiger partial charge in [0.2, 0.25) is 0 Å². The minimum Gasteiger partial charge on any atom is -0.465 e. The first-order valence-corrected chi connectivity index (χ1v) is 10.1. The molecule has 1 saturated heterocycles. The molecule has 160 valence electrons. The lowest BCUT2D eigenvalue weighted by molar-refractivity contribution is 0.0342. The summed E-state index contributed by atoms with van der Waals surface area (Å²) in [7, 11) is 3.10. The molecular weight excluding hydrogens is 382 g/mol. The fraction of sp³-hybridized carbons (Fsp3) is 0.391. The number of carbonyl (C=O) groups excluding carboxylic acids is 2. The number of hydrogen-bond donors (Lipinski definition) is 1. The Morgan fingerprint density at radius 1 is 1.00 bits per heavy atom. The van der Waals surface area contributed by atoms with Crippen molar-refractivity contribution in [3.05, 3.63) is 70.8 Å². The summed E-state index contributed by atoms with van der Waals surface area (Å²) in [5, 5.41) is 2.94. The zero-order valence-electron chi connectivity index (χ0n) is 17.6. The summed E-state index contributed by atoms with van der Waals surface area (Å²) in [5.74, 6) is -0.372. The van der Waals surface area contributed by atoms with Gasteiger partial charge >= 0.3 is 12.0 Å². The van der Waals surface area contributed by atoms with Crippen molar-refractivity contribution in [2.45, 2.75) is 19.6 Å². The molecule has 1 heterocycles. The van der Waals surface area contributed by atoms with Gasteiger partial charge in [0.25, 0.3) is 0 Å². The maximum Gasteiger partial charge on any atom is 0.337 e. The highest BCUT2D eigenvalue weighted by Crippen LogP contribution is 2.10. The average Bonchev–Trinajstić information content (AvgIpc) is 2.79. The number of nitrogens with zero attached hydrogens (tertiary/aromatic N) is 2. The van der Waals surface area contributed by atoms with Gasteiger partial charge in [-0.15, -0.1) is 0 Å². The molecule has 0 unspecified atom stereocenters. The largest absolute Gasteiger partial charge is 0.465 e. The van der Waals surface area contributed by atoms with Gasteiger partial charge in [-0.25, -0.2) is 9.59 Å². The number of ether oxygens (including phenoxy) is 2. The number of esters is 1. The van der Waals surface area contributed by atoms with Crippen LogP contribution in [-0.4, -0.2) is 62.3 Å².